The third kappa shape index (κ3) is 4.39. The monoisotopic (exact) mass is 302 g/mol. The summed E-state index contributed by atoms with van der Waals surface area (Å²) in [6.45, 7) is 9.80. The lowest BCUT2D eigenvalue weighted by atomic mass is 9.95. The first-order valence-corrected chi connectivity index (χ1v) is 8.71. The molecule has 3 heteroatoms. The number of aromatic nitrogens is 1. The molecule has 0 spiro atoms. The Morgan fingerprint density at radius 1 is 1.10 bits per heavy atom. The first kappa shape index (κ1) is 16.2. The van der Waals surface area contributed by atoms with Crippen LogP contribution in [0.15, 0.2) is 30.5 Å². The molecule has 1 unspecified atom stereocenters. The summed E-state index contributed by atoms with van der Waals surface area (Å²) >= 11 is 1.81. The van der Waals surface area contributed by atoms with Crippen molar-refractivity contribution in [3.05, 3.63) is 51.5 Å². The van der Waals surface area contributed by atoms with E-state index < -0.39 is 0 Å². The van der Waals surface area contributed by atoms with Crippen molar-refractivity contribution in [1.82, 2.24) is 10.3 Å². The fourth-order valence-electron chi connectivity index (χ4n) is 2.50. The number of hydrogen-bond donors (Lipinski definition) is 1. The summed E-state index contributed by atoms with van der Waals surface area (Å²) in [7, 11) is 0. The van der Waals surface area contributed by atoms with Crippen molar-refractivity contribution in [2.75, 3.05) is 0 Å². The summed E-state index contributed by atoms with van der Waals surface area (Å²) < 4.78 is 0. The van der Waals surface area contributed by atoms with E-state index in [0.717, 1.165) is 19.4 Å². The second kappa shape index (κ2) is 7.71. The lowest BCUT2D eigenvalue weighted by Gasteiger charge is -2.23. The Labute approximate surface area is 132 Å². The molecular formula is C18H26N2S. The van der Waals surface area contributed by atoms with Crippen LogP contribution in [0, 0.1) is 5.92 Å². The molecule has 0 aliphatic rings. The SMILES string of the molecule is CCc1ccc(C(NCc2cnc(CC)s2)C(C)C)cc1. The molecule has 0 aliphatic heterocycles. The largest absolute Gasteiger partial charge is 0.305 e. The van der Waals surface area contributed by atoms with Crippen LogP contribution in [-0.4, -0.2) is 4.98 Å². The van der Waals surface area contributed by atoms with E-state index in [1.165, 1.54) is 21.0 Å². The molecule has 1 heterocycles. The van der Waals surface area contributed by atoms with E-state index in [1.807, 2.05) is 17.5 Å². The van der Waals surface area contributed by atoms with Crippen LogP contribution >= 0.6 is 11.3 Å². The predicted octanol–water partition coefficient (Wildman–Crippen LogP) is 4.75. The van der Waals surface area contributed by atoms with Gasteiger partial charge in [0.05, 0.1) is 5.01 Å². The van der Waals surface area contributed by atoms with E-state index in [2.05, 4.69) is 62.3 Å². The molecule has 1 atom stereocenters. The zero-order chi connectivity index (χ0) is 15.2. The lowest BCUT2D eigenvalue weighted by Crippen LogP contribution is -2.25. The maximum atomic E-state index is 4.43. The van der Waals surface area contributed by atoms with Gasteiger partial charge in [0.1, 0.15) is 0 Å². The number of aryl methyl sites for hydroxylation is 2. The Morgan fingerprint density at radius 2 is 1.81 bits per heavy atom. The zero-order valence-corrected chi connectivity index (χ0v) is 14.3. The standard InChI is InChI=1S/C18H26N2S/c1-5-14-7-9-15(10-8-14)18(13(3)4)20-12-16-11-19-17(6-2)21-16/h7-11,13,18,20H,5-6,12H2,1-4H3. The fourth-order valence-corrected chi connectivity index (χ4v) is 3.32. The second-order valence-electron chi connectivity index (χ2n) is 5.77. The summed E-state index contributed by atoms with van der Waals surface area (Å²) in [6.07, 6.45) is 4.13. The lowest BCUT2D eigenvalue weighted by molar-refractivity contribution is 0.412. The molecule has 0 fully saturated rings. The van der Waals surface area contributed by atoms with Crippen LogP contribution in [0.25, 0.3) is 0 Å². The van der Waals surface area contributed by atoms with Gasteiger partial charge >= 0.3 is 0 Å². The van der Waals surface area contributed by atoms with E-state index in [4.69, 9.17) is 0 Å². The number of thiazole rings is 1. The Balaban J connectivity index is 2.04. The number of nitrogens with one attached hydrogen (secondary N) is 1. The Bertz CT molecular complexity index is 543. The molecule has 2 aromatic rings. The molecule has 1 aromatic carbocycles. The van der Waals surface area contributed by atoms with Crippen LogP contribution in [0.4, 0.5) is 0 Å². The average Bonchev–Trinajstić information content (AvgIpc) is 2.96. The van der Waals surface area contributed by atoms with Crippen molar-refractivity contribution >= 4 is 11.3 Å². The van der Waals surface area contributed by atoms with Gasteiger partial charge in [-0.3, -0.25) is 0 Å². The molecule has 0 amide bonds. The molecule has 0 saturated carbocycles. The highest BCUT2D eigenvalue weighted by Crippen LogP contribution is 2.23. The van der Waals surface area contributed by atoms with Crippen LogP contribution in [0.3, 0.4) is 0 Å². The van der Waals surface area contributed by atoms with Crippen LogP contribution in [0.5, 0.6) is 0 Å². The normalized spacial score (nSPS) is 12.8. The van der Waals surface area contributed by atoms with Gasteiger partial charge in [-0.25, -0.2) is 4.98 Å². The second-order valence-corrected chi connectivity index (χ2v) is 6.97. The third-order valence-corrected chi connectivity index (χ3v) is 4.96. The van der Waals surface area contributed by atoms with Crippen molar-refractivity contribution in [1.29, 1.82) is 0 Å². The van der Waals surface area contributed by atoms with E-state index >= 15 is 0 Å². The van der Waals surface area contributed by atoms with Gasteiger partial charge < -0.3 is 5.32 Å². The van der Waals surface area contributed by atoms with Crippen molar-refractivity contribution in [3.8, 4) is 0 Å². The highest BCUT2D eigenvalue weighted by atomic mass is 32.1. The molecule has 0 saturated heterocycles. The number of hydrogen-bond acceptors (Lipinski definition) is 3. The third-order valence-electron chi connectivity index (χ3n) is 3.81. The van der Waals surface area contributed by atoms with Crippen molar-refractivity contribution in [3.63, 3.8) is 0 Å². The molecule has 0 radical (unpaired) electrons. The van der Waals surface area contributed by atoms with Gasteiger partial charge in [-0.1, -0.05) is 52.0 Å². The van der Waals surface area contributed by atoms with E-state index in [9.17, 15) is 0 Å². The molecule has 114 valence electrons. The first-order valence-electron chi connectivity index (χ1n) is 7.89. The molecule has 1 N–H and O–H groups in total. The maximum Gasteiger partial charge on any atom is 0.0925 e. The summed E-state index contributed by atoms with van der Waals surface area (Å²) in [5.41, 5.74) is 2.78. The predicted molar refractivity (Wildman–Crippen MR) is 91.7 cm³/mol. The zero-order valence-electron chi connectivity index (χ0n) is 13.5. The minimum atomic E-state index is 0.392. The van der Waals surface area contributed by atoms with Crippen LogP contribution in [0.1, 0.15) is 54.7 Å². The smallest absolute Gasteiger partial charge is 0.0925 e. The average molecular weight is 302 g/mol. The van der Waals surface area contributed by atoms with E-state index in [0.29, 0.717) is 12.0 Å². The molecule has 0 bridgehead atoms. The molecule has 2 nitrogen and oxygen atoms in total. The van der Waals surface area contributed by atoms with Gasteiger partial charge in [-0.2, -0.15) is 0 Å². The van der Waals surface area contributed by atoms with E-state index in [-0.39, 0.29) is 0 Å². The summed E-state index contributed by atoms with van der Waals surface area (Å²) in [6, 6.07) is 9.41. The molecule has 0 aliphatic carbocycles. The summed E-state index contributed by atoms with van der Waals surface area (Å²) in [5.74, 6) is 0.566. The molecule has 2 rings (SSSR count). The van der Waals surface area contributed by atoms with Gasteiger partial charge in [0.2, 0.25) is 0 Å². The van der Waals surface area contributed by atoms with Gasteiger partial charge in [0.25, 0.3) is 0 Å². The molecular weight excluding hydrogens is 276 g/mol. The van der Waals surface area contributed by atoms with Gasteiger partial charge in [-0.05, 0) is 29.9 Å². The fraction of sp³-hybridized carbons (Fsp3) is 0.500. The summed E-state index contributed by atoms with van der Waals surface area (Å²) in [5, 5.41) is 4.92. The van der Waals surface area contributed by atoms with Crippen LogP contribution in [-0.2, 0) is 19.4 Å². The highest BCUT2D eigenvalue weighted by Gasteiger charge is 2.15. The number of benzene rings is 1. The van der Waals surface area contributed by atoms with Crippen molar-refractivity contribution < 1.29 is 0 Å². The van der Waals surface area contributed by atoms with Crippen molar-refractivity contribution in [2.24, 2.45) is 5.92 Å². The Hall–Kier alpha value is -1.19. The van der Waals surface area contributed by atoms with Gasteiger partial charge in [-0.15, -0.1) is 11.3 Å². The van der Waals surface area contributed by atoms with E-state index in [1.54, 1.807) is 0 Å². The maximum absolute atomic E-state index is 4.43. The van der Waals surface area contributed by atoms with Gasteiger partial charge in [0.15, 0.2) is 0 Å². The minimum Gasteiger partial charge on any atom is -0.305 e. The number of nitrogens with zero attached hydrogens (tertiary/aromatic N) is 1. The quantitative estimate of drug-likeness (QED) is 0.798. The van der Waals surface area contributed by atoms with Crippen LogP contribution in [0.2, 0.25) is 0 Å². The minimum absolute atomic E-state index is 0.392. The highest BCUT2D eigenvalue weighted by molar-refractivity contribution is 7.11. The topological polar surface area (TPSA) is 24.9 Å². The molecule has 21 heavy (non-hydrogen) atoms. The van der Waals surface area contributed by atoms with Crippen molar-refractivity contribution in [2.45, 2.75) is 53.1 Å². The molecule has 1 aromatic heterocycles. The first-order chi connectivity index (χ1) is 10.1. The summed E-state index contributed by atoms with van der Waals surface area (Å²) in [4.78, 5) is 5.75. The number of rotatable bonds is 7. The Kier molecular flexibility index (Phi) is 5.95. The Morgan fingerprint density at radius 3 is 2.33 bits per heavy atom. The van der Waals surface area contributed by atoms with Crippen LogP contribution < -0.4 is 5.32 Å². The van der Waals surface area contributed by atoms with Gasteiger partial charge in [0, 0.05) is 23.7 Å².